The minimum absolute atomic E-state index is 0.0617. The Kier molecular flexibility index (Phi) is 7.67. The summed E-state index contributed by atoms with van der Waals surface area (Å²) in [5, 5.41) is 11.4. The van der Waals surface area contributed by atoms with E-state index < -0.39 is 17.7 Å². The topological polar surface area (TPSA) is 70.1 Å². The molecule has 3 aromatic rings. The van der Waals surface area contributed by atoms with Crippen LogP contribution in [0.2, 0.25) is 0 Å². The van der Waals surface area contributed by atoms with Gasteiger partial charge in [0.05, 0.1) is 18.2 Å². The Morgan fingerprint density at radius 2 is 1.68 bits per heavy atom. The predicted molar refractivity (Wildman–Crippen MR) is 148 cm³/mol. The number of anilines is 2. The van der Waals surface area contributed by atoms with E-state index in [2.05, 4.69) is 13.8 Å². The summed E-state index contributed by atoms with van der Waals surface area (Å²) in [5.41, 5.74) is 3.95. The van der Waals surface area contributed by atoms with Gasteiger partial charge in [0, 0.05) is 31.0 Å². The number of aliphatic hydroxyl groups is 1. The molecule has 0 saturated carbocycles. The smallest absolute Gasteiger partial charge is 0.300 e. The van der Waals surface area contributed by atoms with Gasteiger partial charge in [-0.2, -0.15) is 0 Å². The van der Waals surface area contributed by atoms with Crippen LogP contribution in [0.25, 0.3) is 5.76 Å². The van der Waals surface area contributed by atoms with Crippen molar-refractivity contribution in [3.8, 4) is 5.75 Å². The Hall–Kier alpha value is -4.06. The summed E-state index contributed by atoms with van der Waals surface area (Å²) in [5.74, 6) is -0.671. The Labute approximate surface area is 218 Å². The van der Waals surface area contributed by atoms with Gasteiger partial charge in [-0.15, -0.1) is 0 Å². The Morgan fingerprint density at radius 1 is 1.00 bits per heavy atom. The number of Topliss-reactive ketones (excluding diaryl/α,β-unsaturated/α-hetero) is 1. The highest BCUT2D eigenvalue weighted by molar-refractivity contribution is 6.51. The van der Waals surface area contributed by atoms with Crippen LogP contribution < -0.4 is 14.5 Å². The quantitative estimate of drug-likeness (QED) is 0.224. The molecule has 3 aromatic carbocycles. The summed E-state index contributed by atoms with van der Waals surface area (Å²) in [6.07, 6.45) is 0.848. The molecule has 6 nitrogen and oxygen atoms in total. The van der Waals surface area contributed by atoms with Crippen LogP contribution in [-0.4, -0.2) is 37.5 Å². The average molecular weight is 499 g/mol. The van der Waals surface area contributed by atoms with Crippen molar-refractivity contribution >= 4 is 28.8 Å². The van der Waals surface area contributed by atoms with Crippen LogP contribution in [0.1, 0.15) is 55.8 Å². The highest BCUT2D eigenvalue weighted by Gasteiger charge is 2.47. The molecule has 1 saturated heterocycles. The van der Waals surface area contributed by atoms with Crippen molar-refractivity contribution in [2.24, 2.45) is 0 Å². The van der Waals surface area contributed by atoms with Gasteiger partial charge in [0.15, 0.2) is 0 Å². The number of ether oxygens (including phenoxy) is 1. The first-order chi connectivity index (χ1) is 17.7. The zero-order chi connectivity index (χ0) is 26.7. The van der Waals surface area contributed by atoms with Crippen molar-refractivity contribution < 1.29 is 19.4 Å². The van der Waals surface area contributed by atoms with Crippen LogP contribution in [0.5, 0.6) is 5.75 Å². The highest BCUT2D eigenvalue weighted by Crippen LogP contribution is 2.43. The number of carbonyl (C=O) groups is 2. The molecule has 0 aromatic heterocycles. The predicted octanol–water partition coefficient (Wildman–Crippen LogP) is 6.29. The average Bonchev–Trinajstić information content (AvgIpc) is 3.17. The van der Waals surface area contributed by atoms with Gasteiger partial charge < -0.3 is 14.7 Å². The molecule has 0 bridgehead atoms. The van der Waals surface area contributed by atoms with E-state index >= 15 is 0 Å². The lowest BCUT2D eigenvalue weighted by Gasteiger charge is -2.26. The lowest BCUT2D eigenvalue weighted by Crippen LogP contribution is -2.29. The fourth-order valence-electron chi connectivity index (χ4n) is 4.50. The molecular formula is C31H34N2O4. The third-order valence-corrected chi connectivity index (χ3v) is 6.59. The second-order valence-electron chi connectivity index (χ2n) is 9.78. The van der Waals surface area contributed by atoms with E-state index in [0.717, 1.165) is 23.2 Å². The Balaban J connectivity index is 1.87. The van der Waals surface area contributed by atoms with Crippen LogP contribution in [0, 0.1) is 0 Å². The molecule has 37 heavy (non-hydrogen) atoms. The van der Waals surface area contributed by atoms with Gasteiger partial charge in [-0.25, -0.2) is 0 Å². The number of ketones is 1. The summed E-state index contributed by atoms with van der Waals surface area (Å²) in [6, 6.07) is 21.6. The minimum Gasteiger partial charge on any atom is -0.507 e. The van der Waals surface area contributed by atoms with Gasteiger partial charge >= 0.3 is 0 Å². The molecule has 6 heteroatoms. The molecule has 1 aliphatic rings. The minimum atomic E-state index is -0.772. The van der Waals surface area contributed by atoms with E-state index in [0.29, 0.717) is 29.5 Å². The molecule has 1 fully saturated rings. The molecule has 1 amide bonds. The van der Waals surface area contributed by atoms with Crippen LogP contribution in [0.15, 0.2) is 78.4 Å². The summed E-state index contributed by atoms with van der Waals surface area (Å²) in [6.45, 7) is 6.78. The summed E-state index contributed by atoms with van der Waals surface area (Å²) < 4.78 is 5.72. The van der Waals surface area contributed by atoms with E-state index in [1.54, 1.807) is 24.3 Å². The zero-order valence-electron chi connectivity index (χ0n) is 22.1. The lowest BCUT2D eigenvalue weighted by molar-refractivity contribution is -0.132. The van der Waals surface area contributed by atoms with Gasteiger partial charge in [-0.3, -0.25) is 14.5 Å². The second kappa shape index (κ2) is 10.9. The third kappa shape index (κ3) is 5.24. The largest absolute Gasteiger partial charge is 0.507 e. The summed E-state index contributed by atoms with van der Waals surface area (Å²) in [7, 11) is 3.88. The van der Waals surface area contributed by atoms with Crippen LogP contribution in [0.3, 0.4) is 0 Å². The number of carbonyl (C=O) groups excluding carboxylic acids is 2. The number of hydrogen-bond acceptors (Lipinski definition) is 5. The van der Waals surface area contributed by atoms with Gasteiger partial charge in [-0.05, 0) is 59.9 Å². The van der Waals surface area contributed by atoms with Crippen LogP contribution in [-0.2, 0) is 9.59 Å². The van der Waals surface area contributed by atoms with E-state index in [1.807, 2.05) is 74.4 Å². The molecule has 0 radical (unpaired) electrons. The fourth-order valence-corrected chi connectivity index (χ4v) is 4.50. The van der Waals surface area contributed by atoms with Gasteiger partial charge in [0.25, 0.3) is 11.7 Å². The maximum atomic E-state index is 13.4. The van der Waals surface area contributed by atoms with Crippen LogP contribution >= 0.6 is 0 Å². The normalized spacial score (nSPS) is 16.9. The molecule has 4 rings (SSSR count). The maximum absolute atomic E-state index is 13.4. The number of hydrogen-bond donors (Lipinski definition) is 1. The first-order valence-electron chi connectivity index (χ1n) is 12.6. The maximum Gasteiger partial charge on any atom is 0.300 e. The highest BCUT2D eigenvalue weighted by atomic mass is 16.5. The first kappa shape index (κ1) is 26.0. The first-order valence-corrected chi connectivity index (χ1v) is 12.6. The number of aliphatic hydroxyl groups excluding tert-OH is 1. The number of rotatable bonds is 8. The number of amides is 1. The fraction of sp³-hybridized carbons (Fsp3) is 0.290. The standard InChI is InChI=1S/C31H34N2O4/c1-6-18-37-26-9-7-8-23(19-26)29(34)27-28(22-12-10-21(11-13-22)20(2)3)33(31(36)30(27)35)25-16-14-24(15-17-25)32(4)5/h7-17,19-20,28,34H,6,18H2,1-5H3/b29-27+. The number of benzene rings is 3. The monoisotopic (exact) mass is 498 g/mol. The SMILES string of the molecule is CCCOc1cccc(/C(O)=C2\C(=O)C(=O)N(c3ccc(N(C)C)cc3)C2c2ccc(C(C)C)cc2)c1. The van der Waals surface area contributed by atoms with E-state index in [1.165, 1.54) is 4.90 Å². The van der Waals surface area contributed by atoms with Gasteiger partial charge in [0.1, 0.15) is 11.5 Å². The molecule has 1 N–H and O–H groups in total. The van der Waals surface area contributed by atoms with Gasteiger partial charge in [-0.1, -0.05) is 57.2 Å². The van der Waals surface area contributed by atoms with Crippen molar-refractivity contribution in [2.45, 2.75) is 39.2 Å². The van der Waals surface area contributed by atoms with Crippen molar-refractivity contribution in [1.82, 2.24) is 0 Å². The van der Waals surface area contributed by atoms with E-state index in [4.69, 9.17) is 4.74 Å². The summed E-state index contributed by atoms with van der Waals surface area (Å²) >= 11 is 0. The zero-order valence-corrected chi connectivity index (χ0v) is 22.1. The van der Waals surface area contributed by atoms with Crippen molar-refractivity contribution in [3.63, 3.8) is 0 Å². The van der Waals surface area contributed by atoms with Crippen molar-refractivity contribution in [2.75, 3.05) is 30.5 Å². The number of nitrogens with zero attached hydrogens (tertiary/aromatic N) is 2. The van der Waals surface area contributed by atoms with E-state index in [-0.39, 0.29) is 11.3 Å². The van der Waals surface area contributed by atoms with Gasteiger partial charge in [0.2, 0.25) is 0 Å². The molecule has 1 heterocycles. The molecule has 192 valence electrons. The molecule has 0 spiro atoms. The molecule has 1 atom stereocenters. The third-order valence-electron chi connectivity index (χ3n) is 6.59. The second-order valence-corrected chi connectivity index (χ2v) is 9.78. The molecule has 1 aliphatic heterocycles. The van der Waals surface area contributed by atoms with E-state index in [9.17, 15) is 14.7 Å². The lowest BCUT2D eigenvalue weighted by atomic mass is 9.93. The molecule has 1 unspecified atom stereocenters. The van der Waals surface area contributed by atoms with Crippen LogP contribution in [0.4, 0.5) is 11.4 Å². The Bertz CT molecular complexity index is 1310. The van der Waals surface area contributed by atoms with Crippen molar-refractivity contribution in [3.05, 3.63) is 95.1 Å². The van der Waals surface area contributed by atoms with Crippen molar-refractivity contribution in [1.29, 1.82) is 0 Å². The molecular weight excluding hydrogens is 464 g/mol. The Morgan fingerprint density at radius 3 is 2.27 bits per heavy atom. The molecule has 0 aliphatic carbocycles. The summed E-state index contributed by atoms with van der Waals surface area (Å²) in [4.78, 5) is 30.3.